The minimum absolute atomic E-state index is 0.0699. The number of nitrogens with one attached hydrogen (secondary N) is 1. The molecule has 0 aromatic heterocycles. The van der Waals surface area contributed by atoms with Crippen LogP contribution >= 0.6 is 0 Å². The molecule has 3 aromatic rings. The summed E-state index contributed by atoms with van der Waals surface area (Å²) in [5.74, 6) is 0.655. The van der Waals surface area contributed by atoms with Crippen LogP contribution in [0.5, 0.6) is 11.5 Å². The summed E-state index contributed by atoms with van der Waals surface area (Å²) >= 11 is 0. The van der Waals surface area contributed by atoms with Crippen molar-refractivity contribution in [3.8, 4) is 11.5 Å². The van der Waals surface area contributed by atoms with Gasteiger partial charge in [-0.2, -0.15) is 0 Å². The lowest BCUT2D eigenvalue weighted by atomic mass is 10.1. The standard InChI is InChI=1S/C20H19NO3/c1-13-9-10-14(2)19(11-13)24-12-20(23)21-17-7-3-6-16-15(17)5-4-8-18(16)22/h3-11,22H,12H2,1-2H3,(H,21,23). The zero-order valence-corrected chi connectivity index (χ0v) is 13.7. The lowest BCUT2D eigenvalue weighted by molar-refractivity contribution is -0.118. The average Bonchev–Trinajstić information content (AvgIpc) is 2.57. The summed E-state index contributed by atoms with van der Waals surface area (Å²) in [6, 6.07) is 16.5. The Kier molecular flexibility index (Phi) is 4.38. The Morgan fingerprint density at radius 1 is 1.04 bits per heavy atom. The van der Waals surface area contributed by atoms with Crippen molar-refractivity contribution < 1.29 is 14.6 Å². The first kappa shape index (κ1) is 15.9. The molecule has 0 fully saturated rings. The van der Waals surface area contributed by atoms with Crippen molar-refractivity contribution in [1.29, 1.82) is 0 Å². The van der Waals surface area contributed by atoms with E-state index in [1.54, 1.807) is 24.3 Å². The van der Waals surface area contributed by atoms with Crippen molar-refractivity contribution in [2.45, 2.75) is 13.8 Å². The number of aromatic hydroxyl groups is 1. The number of ether oxygens (including phenoxy) is 1. The molecule has 0 heterocycles. The van der Waals surface area contributed by atoms with E-state index in [2.05, 4.69) is 5.32 Å². The van der Waals surface area contributed by atoms with E-state index in [1.165, 1.54) is 0 Å². The van der Waals surface area contributed by atoms with Crippen molar-refractivity contribution in [3.05, 3.63) is 65.7 Å². The number of benzene rings is 3. The van der Waals surface area contributed by atoms with E-state index >= 15 is 0 Å². The number of hydrogen-bond acceptors (Lipinski definition) is 3. The first-order chi connectivity index (χ1) is 11.5. The van der Waals surface area contributed by atoms with E-state index < -0.39 is 0 Å². The molecule has 0 atom stereocenters. The number of phenolic OH excluding ortho intramolecular Hbond substituents is 1. The first-order valence-electron chi connectivity index (χ1n) is 7.75. The zero-order valence-electron chi connectivity index (χ0n) is 13.7. The Labute approximate surface area is 140 Å². The van der Waals surface area contributed by atoms with Crippen LogP contribution < -0.4 is 10.1 Å². The predicted octanol–water partition coefficient (Wildman–Crippen LogP) is 4.18. The van der Waals surface area contributed by atoms with Gasteiger partial charge in [0, 0.05) is 16.5 Å². The third kappa shape index (κ3) is 3.33. The monoisotopic (exact) mass is 321 g/mol. The minimum Gasteiger partial charge on any atom is -0.507 e. The van der Waals surface area contributed by atoms with Gasteiger partial charge in [-0.15, -0.1) is 0 Å². The topological polar surface area (TPSA) is 58.6 Å². The highest BCUT2D eigenvalue weighted by Crippen LogP contribution is 2.29. The van der Waals surface area contributed by atoms with Crippen molar-refractivity contribution >= 4 is 22.4 Å². The van der Waals surface area contributed by atoms with Crippen LogP contribution in [-0.4, -0.2) is 17.6 Å². The summed E-state index contributed by atoms with van der Waals surface area (Å²) in [5.41, 5.74) is 2.72. The summed E-state index contributed by atoms with van der Waals surface area (Å²) in [7, 11) is 0. The summed E-state index contributed by atoms with van der Waals surface area (Å²) in [6.07, 6.45) is 0. The van der Waals surface area contributed by atoms with Crippen LogP contribution in [0, 0.1) is 13.8 Å². The van der Waals surface area contributed by atoms with Gasteiger partial charge in [-0.05, 0) is 43.2 Å². The molecule has 24 heavy (non-hydrogen) atoms. The van der Waals surface area contributed by atoms with Gasteiger partial charge in [0.25, 0.3) is 5.91 Å². The van der Waals surface area contributed by atoms with Crippen molar-refractivity contribution in [3.63, 3.8) is 0 Å². The molecule has 2 N–H and O–H groups in total. The smallest absolute Gasteiger partial charge is 0.262 e. The van der Waals surface area contributed by atoms with E-state index in [4.69, 9.17) is 4.74 Å². The fourth-order valence-corrected chi connectivity index (χ4v) is 2.59. The van der Waals surface area contributed by atoms with Gasteiger partial charge in [0.1, 0.15) is 11.5 Å². The summed E-state index contributed by atoms with van der Waals surface area (Å²) in [4.78, 5) is 12.2. The third-order valence-corrected chi connectivity index (χ3v) is 3.88. The fraction of sp³-hybridized carbons (Fsp3) is 0.150. The van der Waals surface area contributed by atoms with Crippen LogP contribution in [0.4, 0.5) is 5.69 Å². The molecule has 1 amide bonds. The van der Waals surface area contributed by atoms with Crippen molar-refractivity contribution in [1.82, 2.24) is 0 Å². The molecule has 0 saturated heterocycles. The molecule has 3 aromatic carbocycles. The van der Waals surface area contributed by atoms with Gasteiger partial charge in [-0.3, -0.25) is 4.79 Å². The van der Waals surface area contributed by atoms with Crippen LogP contribution in [0.1, 0.15) is 11.1 Å². The van der Waals surface area contributed by atoms with Crippen molar-refractivity contribution in [2.75, 3.05) is 11.9 Å². The number of phenols is 1. The molecule has 0 saturated carbocycles. The molecule has 0 aliphatic heterocycles. The Morgan fingerprint density at radius 3 is 2.62 bits per heavy atom. The molecule has 0 bridgehead atoms. The van der Waals surface area contributed by atoms with Crippen LogP contribution in [-0.2, 0) is 4.79 Å². The van der Waals surface area contributed by atoms with Gasteiger partial charge >= 0.3 is 0 Å². The number of amides is 1. The number of carbonyl (C=O) groups excluding carboxylic acids is 1. The van der Waals surface area contributed by atoms with Crippen molar-refractivity contribution in [2.24, 2.45) is 0 Å². The van der Waals surface area contributed by atoms with E-state index in [9.17, 15) is 9.90 Å². The molecule has 4 heteroatoms. The number of carbonyl (C=O) groups is 1. The fourth-order valence-electron chi connectivity index (χ4n) is 2.59. The molecule has 4 nitrogen and oxygen atoms in total. The van der Waals surface area contributed by atoms with Gasteiger partial charge in [0.2, 0.25) is 0 Å². The van der Waals surface area contributed by atoms with Gasteiger partial charge in [-0.25, -0.2) is 0 Å². The molecule has 0 radical (unpaired) electrons. The Hall–Kier alpha value is -3.01. The highest BCUT2D eigenvalue weighted by Gasteiger charge is 2.09. The molecular weight excluding hydrogens is 302 g/mol. The average molecular weight is 321 g/mol. The number of anilines is 1. The number of aryl methyl sites for hydroxylation is 2. The number of fused-ring (bicyclic) bond motifs is 1. The van der Waals surface area contributed by atoms with E-state index in [-0.39, 0.29) is 18.3 Å². The lowest BCUT2D eigenvalue weighted by Gasteiger charge is -2.12. The Morgan fingerprint density at radius 2 is 1.79 bits per heavy atom. The molecule has 3 rings (SSSR count). The van der Waals surface area contributed by atoms with Gasteiger partial charge in [-0.1, -0.05) is 36.4 Å². The van der Waals surface area contributed by atoms with E-state index in [0.29, 0.717) is 16.8 Å². The maximum absolute atomic E-state index is 12.2. The summed E-state index contributed by atoms with van der Waals surface area (Å²) in [5, 5.41) is 14.2. The van der Waals surface area contributed by atoms with E-state index in [0.717, 1.165) is 16.5 Å². The molecular formula is C20H19NO3. The van der Waals surface area contributed by atoms with Gasteiger partial charge < -0.3 is 15.2 Å². The highest BCUT2D eigenvalue weighted by atomic mass is 16.5. The number of rotatable bonds is 4. The SMILES string of the molecule is Cc1ccc(C)c(OCC(=O)Nc2cccc3c(O)cccc23)c1. The van der Waals surface area contributed by atoms with Crippen LogP contribution in [0.2, 0.25) is 0 Å². The minimum atomic E-state index is -0.244. The first-order valence-corrected chi connectivity index (χ1v) is 7.75. The lowest BCUT2D eigenvalue weighted by Crippen LogP contribution is -2.20. The molecule has 122 valence electrons. The van der Waals surface area contributed by atoms with Crippen LogP contribution in [0.25, 0.3) is 10.8 Å². The van der Waals surface area contributed by atoms with Gasteiger partial charge in [0.05, 0.1) is 0 Å². The van der Waals surface area contributed by atoms with Crippen LogP contribution in [0.15, 0.2) is 54.6 Å². The summed E-state index contributed by atoms with van der Waals surface area (Å²) in [6.45, 7) is 3.86. The Balaban J connectivity index is 1.74. The molecule has 0 aliphatic rings. The third-order valence-electron chi connectivity index (χ3n) is 3.88. The number of hydrogen-bond donors (Lipinski definition) is 2. The molecule has 0 aliphatic carbocycles. The summed E-state index contributed by atoms with van der Waals surface area (Å²) < 4.78 is 5.63. The molecule has 0 spiro atoms. The second kappa shape index (κ2) is 6.62. The predicted molar refractivity (Wildman–Crippen MR) is 95.7 cm³/mol. The zero-order chi connectivity index (χ0) is 17.1. The molecule has 0 unspecified atom stereocenters. The quantitative estimate of drug-likeness (QED) is 0.758. The second-order valence-corrected chi connectivity index (χ2v) is 5.78. The normalized spacial score (nSPS) is 10.6. The largest absolute Gasteiger partial charge is 0.507 e. The van der Waals surface area contributed by atoms with E-state index in [1.807, 2.05) is 44.2 Å². The maximum atomic E-state index is 12.2. The second-order valence-electron chi connectivity index (χ2n) is 5.78. The maximum Gasteiger partial charge on any atom is 0.262 e. The highest BCUT2D eigenvalue weighted by molar-refractivity contribution is 6.04. The van der Waals surface area contributed by atoms with Gasteiger partial charge in [0.15, 0.2) is 6.61 Å². The van der Waals surface area contributed by atoms with Crippen LogP contribution in [0.3, 0.4) is 0 Å². The Bertz CT molecular complexity index is 903.